The van der Waals surface area contributed by atoms with Gasteiger partial charge >= 0.3 is 0 Å². The molecule has 5 nitrogen and oxygen atoms in total. The fourth-order valence-corrected chi connectivity index (χ4v) is 4.73. The molecule has 3 aliphatic rings. The smallest absolute Gasteiger partial charge is 0.265 e. The molecule has 0 aromatic heterocycles. The van der Waals surface area contributed by atoms with Gasteiger partial charge in [-0.1, -0.05) is 18.2 Å². The van der Waals surface area contributed by atoms with E-state index in [-0.39, 0.29) is 18.4 Å². The van der Waals surface area contributed by atoms with Crippen LogP contribution in [0.5, 0.6) is 5.75 Å². The molecule has 5 heteroatoms. The second-order valence-corrected chi connectivity index (χ2v) is 8.21. The number of amides is 2. The monoisotopic (exact) mass is 390 g/mol. The van der Waals surface area contributed by atoms with Crippen LogP contribution in [0.15, 0.2) is 42.5 Å². The van der Waals surface area contributed by atoms with Crippen molar-refractivity contribution < 1.29 is 14.3 Å². The molecule has 0 N–H and O–H groups in total. The fourth-order valence-electron chi connectivity index (χ4n) is 4.73. The molecule has 2 aromatic carbocycles. The number of ether oxygens (including phenoxy) is 1. The zero-order valence-electron chi connectivity index (χ0n) is 16.6. The van der Waals surface area contributed by atoms with Gasteiger partial charge in [0.15, 0.2) is 6.10 Å². The molecular weight excluding hydrogens is 364 g/mol. The van der Waals surface area contributed by atoms with E-state index in [1.54, 1.807) is 4.90 Å². The van der Waals surface area contributed by atoms with Gasteiger partial charge in [-0.05, 0) is 73.9 Å². The predicted octanol–water partition coefficient (Wildman–Crippen LogP) is 3.60. The maximum Gasteiger partial charge on any atom is 0.265 e. The summed E-state index contributed by atoms with van der Waals surface area (Å²) in [6.07, 6.45) is 5.87. The summed E-state index contributed by atoms with van der Waals surface area (Å²) in [6, 6.07) is 13.5. The Balaban J connectivity index is 1.44. The highest BCUT2D eigenvalue weighted by molar-refractivity contribution is 6.08. The SMILES string of the molecule is O=C([C@H]1CN(C(=O)c2ccc3c(c2)CCC3)c2ccccc2O1)N1CCCCC1. The van der Waals surface area contributed by atoms with Crippen LogP contribution in [-0.4, -0.2) is 42.5 Å². The lowest BCUT2D eigenvalue weighted by Crippen LogP contribution is -2.52. The zero-order chi connectivity index (χ0) is 19.8. The Morgan fingerprint density at radius 2 is 1.69 bits per heavy atom. The second-order valence-electron chi connectivity index (χ2n) is 8.21. The lowest BCUT2D eigenvalue weighted by atomic mass is 10.0. The van der Waals surface area contributed by atoms with Gasteiger partial charge < -0.3 is 14.5 Å². The highest BCUT2D eigenvalue weighted by Gasteiger charge is 2.36. The Bertz CT molecular complexity index is 949. The molecule has 5 rings (SSSR count). The van der Waals surface area contributed by atoms with Crippen LogP contribution in [0.4, 0.5) is 5.69 Å². The van der Waals surface area contributed by atoms with Crippen molar-refractivity contribution in [2.45, 2.75) is 44.6 Å². The number of likely N-dealkylation sites (tertiary alicyclic amines) is 1. The maximum absolute atomic E-state index is 13.5. The molecule has 0 saturated carbocycles. The number of fused-ring (bicyclic) bond motifs is 2. The van der Waals surface area contributed by atoms with E-state index < -0.39 is 6.10 Å². The van der Waals surface area contributed by atoms with Crippen molar-refractivity contribution in [2.75, 3.05) is 24.5 Å². The largest absolute Gasteiger partial charge is 0.476 e. The minimum absolute atomic E-state index is 0.00837. The van der Waals surface area contributed by atoms with E-state index in [9.17, 15) is 9.59 Å². The first kappa shape index (κ1) is 18.2. The van der Waals surface area contributed by atoms with Gasteiger partial charge in [0.1, 0.15) is 5.75 Å². The maximum atomic E-state index is 13.5. The number of hydrogen-bond acceptors (Lipinski definition) is 3. The van der Waals surface area contributed by atoms with Crippen molar-refractivity contribution in [3.05, 3.63) is 59.2 Å². The van der Waals surface area contributed by atoms with Crippen LogP contribution >= 0.6 is 0 Å². The first-order valence-corrected chi connectivity index (χ1v) is 10.7. The van der Waals surface area contributed by atoms with E-state index in [0.717, 1.165) is 50.9 Å². The van der Waals surface area contributed by atoms with Crippen LogP contribution in [0.2, 0.25) is 0 Å². The van der Waals surface area contributed by atoms with Gasteiger partial charge in [0.05, 0.1) is 12.2 Å². The quantitative estimate of drug-likeness (QED) is 0.787. The molecule has 1 saturated heterocycles. The topological polar surface area (TPSA) is 49.9 Å². The van der Waals surface area contributed by atoms with Crippen molar-refractivity contribution >= 4 is 17.5 Å². The lowest BCUT2D eigenvalue weighted by Gasteiger charge is -2.37. The second kappa shape index (κ2) is 7.54. The fraction of sp³-hybridized carbons (Fsp3) is 0.417. The third-order valence-electron chi connectivity index (χ3n) is 6.31. The highest BCUT2D eigenvalue weighted by atomic mass is 16.5. The number of rotatable bonds is 2. The molecular formula is C24H26N2O3. The summed E-state index contributed by atoms with van der Waals surface area (Å²) in [5, 5.41) is 0. The van der Waals surface area contributed by atoms with Crippen LogP contribution in [0.3, 0.4) is 0 Å². The number of carbonyl (C=O) groups excluding carboxylic acids is 2. The molecule has 2 heterocycles. The number of anilines is 1. The van der Waals surface area contributed by atoms with E-state index >= 15 is 0 Å². The van der Waals surface area contributed by atoms with E-state index in [4.69, 9.17) is 4.74 Å². The molecule has 2 aromatic rings. The number of para-hydroxylation sites is 2. The van der Waals surface area contributed by atoms with Gasteiger partial charge in [-0.15, -0.1) is 0 Å². The van der Waals surface area contributed by atoms with Gasteiger partial charge in [-0.2, -0.15) is 0 Å². The molecule has 0 unspecified atom stereocenters. The summed E-state index contributed by atoms with van der Waals surface area (Å²) in [5.74, 6) is 0.529. The molecule has 29 heavy (non-hydrogen) atoms. The van der Waals surface area contributed by atoms with Crippen molar-refractivity contribution in [3.8, 4) is 5.75 Å². The lowest BCUT2D eigenvalue weighted by molar-refractivity contribution is -0.139. The number of benzene rings is 2. The molecule has 150 valence electrons. The summed E-state index contributed by atoms with van der Waals surface area (Å²) in [7, 11) is 0. The van der Waals surface area contributed by atoms with Crippen molar-refractivity contribution in [1.29, 1.82) is 0 Å². The number of hydrogen-bond donors (Lipinski definition) is 0. The van der Waals surface area contributed by atoms with E-state index in [0.29, 0.717) is 11.3 Å². The molecule has 0 bridgehead atoms. The third kappa shape index (κ3) is 3.39. The molecule has 0 radical (unpaired) electrons. The van der Waals surface area contributed by atoms with Crippen LogP contribution in [0.25, 0.3) is 0 Å². The Morgan fingerprint density at radius 3 is 2.55 bits per heavy atom. The molecule has 1 atom stereocenters. The average molecular weight is 390 g/mol. The Labute approximate surface area is 171 Å². The van der Waals surface area contributed by atoms with Gasteiger partial charge in [0, 0.05) is 18.7 Å². The van der Waals surface area contributed by atoms with Gasteiger partial charge in [0.2, 0.25) is 0 Å². The summed E-state index contributed by atoms with van der Waals surface area (Å²) in [5.41, 5.74) is 4.05. The van der Waals surface area contributed by atoms with Crippen molar-refractivity contribution in [1.82, 2.24) is 4.90 Å². The molecule has 1 fully saturated rings. The zero-order valence-corrected chi connectivity index (χ0v) is 16.6. The molecule has 2 aliphatic heterocycles. The Kier molecular flexibility index (Phi) is 4.74. The van der Waals surface area contributed by atoms with Crippen molar-refractivity contribution in [3.63, 3.8) is 0 Å². The van der Waals surface area contributed by atoms with Gasteiger partial charge in [-0.3, -0.25) is 9.59 Å². The third-order valence-corrected chi connectivity index (χ3v) is 6.31. The number of aryl methyl sites for hydroxylation is 2. The summed E-state index contributed by atoms with van der Waals surface area (Å²) in [4.78, 5) is 30.1. The summed E-state index contributed by atoms with van der Waals surface area (Å²) < 4.78 is 6.05. The summed E-state index contributed by atoms with van der Waals surface area (Å²) in [6.45, 7) is 1.81. The Hall–Kier alpha value is -2.82. The number of nitrogens with zero attached hydrogens (tertiary/aromatic N) is 2. The van der Waals surface area contributed by atoms with Crippen LogP contribution < -0.4 is 9.64 Å². The minimum Gasteiger partial charge on any atom is -0.476 e. The standard InChI is InChI=1S/C24H26N2O3/c27-23(19-12-11-17-7-6-8-18(17)15-19)26-16-22(24(28)25-13-4-1-5-14-25)29-21-10-3-2-9-20(21)26/h2-3,9-12,15,22H,1,4-8,13-14,16H2/t22-/m1/s1. The molecule has 2 amide bonds. The van der Waals surface area contributed by atoms with Crippen LogP contribution in [0, 0.1) is 0 Å². The van der Waals surface area contributed by atoms with Crippen molar-refractivity contribution in [2.24, 2.45) is 0 Å². The van der Waals surface area contributed by atoms with Gasteiger partial charge in [-0.25, -0.2) is 0 Å². The van der Waals surface area contributed by atoms with E-state index in [2.05, 4.69) is 6.07 Å². The number of piperidine rings is 1. The number of carbonyl (C=O) groups is 2. The first-order valence-electron chi connectivity index (χ1n) is 10.7. The van der Waals surface area contributed by atoms with Crippen LogP contribution in [0.1, 0.15) is 47.2 Å². The predicted molar refractivity (Wildman–Crippen MR) is 111 cm³/mol. The van der Waals surface area contributed by atoms with Crippen LogP contribution in [-0.2, 0) is 17.6 Å². The molecule has 0 spiro atoms. The van der Waals surface area contributed by atoms with E-state index in [1.807, 2.05) is 41.3 Å². The normalized spacial score (nSPS) is 20.6. The van der Waals surface area contributed by atoms with E-state index in [1.165, 1.54) is 17.5 Å². The first-order chi connectivity index (χ1) is 14.2. The minimum atomic E-state index is -0.652. The molecule has 1 aliphatic carbocycles. The average Bonchev–Trinajstić information content (AvgIpc) is 3.26. The summed E-state index contributed by atoms with van der Waals surface area (Å²) >= 11 is 0. The Morgan fingerprint density at radius 1 is 0.897 bits per heavy atom. The van der Waals surface area contributed by atoms with Gasteiger partial charge in [0.25, 0.3) is 11.8 Å². The highest BCUT2D eigenvalue weighted by Crippen LogP contribution is 2.35.